The molecule has 0 heterocycles. The maximum Gasteiger partial charge on any atom is 0.337 e. The lowest BCUT2D eigenvalue weighted by atomic mass is 10.2. The van der Waals surface area contributed by atoms with Crippen LogP contribution in [0.5, 0.6) is 0 Å². The lowest BCUT2D eigenvalue weighted by Gasteiger charge is -2.05. The molecule has 0 aromatic heterocycles. The Hall–Kier alpha value is -2.28. The summed E-state index contributed by atoms with van der Waals surface area (Å²) in [6.45, 7) is 0. The monoisotopic (exact) mass is 231 g/mol. The molecule has 0 radical (unpaired) electrons. The molecule has 4 nitrogen and oxygen atoms in total. The summed E-state index contributed by atoms with van der Waals surface area (Å²) in [5, 5.41) is 2.65. The molecule has 4 heteroatoms. The van der Waals surface area contributed by atoms with Crippen LogP contribution in [0.25, 0.3) is 0 Å². The van der Waals surface area contributed by atoms with Crippen LogP contribution in [-0.4, -0.2) is 19.0 Å². The van der Waals surface area contributed by atoms with E-state index in [-0.39, 0.29) is 12.3 Å². The fraction of sp³-hybridized carbons (Fsp3) is 0.231. The molecule has 1 rings (SSSR count). The van der Waals surface area contributed by atoms with Crippen molar-refractivity contribution in [3.63, 3.8) is 0 Å². The van der Waals surface area contributed by atoms with E-state index in [0.717, 1.165) is 0 Å². The number of benzene rings is 1. The topological polar surface area (TPSA) is 55.4 Å². The molecule has 0 saturated carbocycles. The average Bonchev–Trinajstić information content (AvgIpc) is 2.35. The van der Waals surface area contributed by atoms with Crippen LogP contribution in [0.15, 0.2) is 24.3 Å². The number of carbonyl (C=O) groups excluding carboxylic acids is 2. The molecule has 1 N–H and O–H groups in total. The molecule has 0 bridgehead atoms. The predicted molar refractivity (Wildman–Crippen MR) is 64.5 cm³/mol. The maximum absolute atomic E-state index is 11.4. The SMILES string of the molecule is C#CCCC(=O)Nc1cccc(C(=O)OC)c1. The molecule has 0 aliphatic carbocycles. The first-order valence-corrected chi connectivity index (χ1v) is 5.09. The van der Waals surface area contributed by atoms with Crippen molar-refractivity contribution >= 4 is 17.6 Å². The second-order valence-electron chi connectivity index (χ2n) is 3.32. The third-order valence-corrected chi connectivity index (χ3v) is 2.06. The summed E-state index contributed by atoms with van der Waals surface area (Å²) in [5.41, 5.74) is 0.942. The van der Waals surface area contributed by atoms with Crippen molar-refractivity contribution in [2.24, 2.45) is 0 Å². The minimum Gasteiger partial charge on any atom is -0.465 e. The van der Waals surface area contributed by atoms with Gasteiger partial charge < -0.3 is 10.1 Å². The van der Waals surface area contributed by atoms with Crippen molar-refractivity contribution in [3.8, 4) is 12.3 Å². The van der Waals surface area contributed by atoms with Gasteiger partial charge in [-0.2, -0.15) is 0 Å². The molecule has 17 heavy (non-hydrogen) atoms. The molecular weight excluding hydrogens is 218 g/mol. The normalized spacial score (nSPS) is 9.18. The highest BCUT2D eigenvalue weighted by Crippen LogP contribution is 2.12. The summed E-state index contributed by atoms with van der Waals surface area (Å²) in [4.78, 5) is 22.7. The molecular formula is C13H13NO3. The van der Waals surface area contributed by atoms with E-state index in [4.69, 9.17) is 6.42 Å². The average molecular weight is 231 g/mol. The van der Waals surface area contributed by atoms with Gasteiger partial charge in [0, 0.05) is 18.5 Å². The van der Waals surface area contributed by atoms with Crippen molar-refractivity contribution < 1.29 is 14.3 Å². The fourth-order valence-electron chi connectivity index (χ4n) is 1.25. The van der Waals surface area contributed by atoms with Gasteiger partial charge in [-0.05, 0) is 18.2 Å². The molecule has 0 spiro atoms. The third-order valence-electron chi connectivity index (χ3n) is 2.06. The first kappa shape index (κ1) is 12.8. The minimum atomic E-state index is -0.440. The number of amides is 1. The molecule has 0 unspecified atom stereocenters. The smallest absolute Gasteiger partial charge is 0.337 e. The first-order chi connectivity index (χ1) is 8.17. The van der Waals surface area contributed by atoms with Gasteiger partial charge in [0.15, 0.2) is 0 Å². The summed E-state index contributed by atoms with van der Waals surface area (Å²) in [6, 6.07) is 6.53. The zero-order chi connectivity index (χ0) is 12.7. The van der Waals surface area contributed by atoms with E-state index in [1.54, 1.807) is 24.3 Å². The number of nitrogens with one attached hydrogen (secondary N) is 1. The summed E-state index contributed by atoms with van der Waals surface area (Å²) in [5.74, 6) is 1.77. The number of carbonyl (C=O) groups is 2. The Balaban J connectivity index is 2.69. The zero-order valence-electron chi connectivity index (χ0n) is 9.53. The van der Waals surface area contributed by atoms with Crippen LogP contribution < -0.4 is 5.32 Å². The third kappa shape index (κ3) is 3.99. The van der Waals surface area contributed by atoms with Crippen molar-refractivity contribution in [2.75, 3.05) is 12.4 Å². The number of hydrogen-bond donors (Lipinski definition) is 1. The van der Waals surface area contributed by atoms with Crippen LogP contribution in [0.1, 0.15) is 23.2 Å². The van der Waals surface area contributed by atoms with E-state index in [2.05, 4.69) is 16.0 Å². The Morgan fingerprint density at radius 1 is 1.47 bits per heavy atom. The molecule has 1 amide bonds. The Labute approximate surface area is 100.0 Å². The summed E-state index contributed by atoms with van der Waals surface area (Å²) in [7, 11) is 1.31. The highest BCUT2D eigenvalue weighted by Gasteiger charge is 2.07. The van der Waals surface area contributed by atoms with Crippen molar-refractivity contribution in [1.82, 2.24) is 0 Å². The van der Waals surface area contributed by atoms with Crippen LogP contribution in [0.2, 0.25) is 0 Å². The molecule has 88 valence electrons. The number of anilines is 1. The van der Waals surface area contributed by atoms with Crippen LogP contribution in [0, 0.1) is 12.3 Å². The molecule has 1 aromatic rings. The quantitative estimate of drug-likeness (QED) is 0.635. The lowest BCUT2D eigenvalue weighted by Crippen LogP contribution is -2.11. The largest absolute Gasteiger partial charge is 0.465 e. The van der Waals surface area contributed by atoms with Crippen molar-refractivity contribution in [1.29, 1.82) is 0 Å². The second-order valence-corrected chi connectivity index (χ2v) is 3.32. The summed E-state index contributed by atoms with van der Waals surface area (Å²) < 4.78 is 4.58. The first-order valence-electron chi connectivity index (χ1n) is 5.09. The van der Waals surface area contributed by atoms with E-state index in [1.165, 1.54) is 7.11 Å². The number of rotatable bonds is 4. The lowest BCUT2D eigenvalue weighted by molar-refractivity contribution is -0.116. The number of ether oxygens (including phenoxy) is 1. The second kappa shape index (κ2) is 6.33. The van der Waals surface area contributed by atoms with E-state index in [1.807, 2.05) is 0 Å². The molecule has 0 aliphatic rings. The van der Waals surface area contributed by atoms with E-state index in [0.29, 0.717) is 17.7 Å². The summed E-state index contributed by atoms with van der Waals surface area (Å²) >= 11 is 0. The van der Waals surface area contributed by atoms with E-state index in [9.17, 15) is 9.59 Å². The minimum absolute atomic E-state index is 0.176. The number of terminal acetylenes is 1. The van der Waals surface area contributed by atoms with Gasteiger partial charge in [0.1, 0.15) is 0 Å². The van der Waals surface area contributed by atoms with Gasteiger partial charge in [-0.1, -0.05) is 6.07 Å². The number of esters is 1. The van der Waals surface area contributed by atoms with Crippen LogP contribution in [0.3, 0.4) is 0 Å². The Bertz CT molecular complexity index is 460. The van der Waals surface area contributed by atoms with Crippen LogP contribution in [0.4, 0.5) is 5.69 Å². The number of hydrogen-bond acceptors (Lipinski definition) is 3. The van der Waals surface area contributed by atoms with Gasteiger partial charge >= 0.3 is 5.97 Å². The molecule has 0 aliphatic heterocycles. The van der Waals surface area contributed by atoms with Crippen molar-refractivity contribution in [2.45, 2.75) is 12.8 Å². The highest BCUT2D eigenvalue weighted by atomic mass is 16.5. The molecule has 0 saturated heterocycles. The van der Waals surface area contributed by atoms with E-state index >= 15 is 0 Å². The van der Waals surface area contributed by atoms with E-state index < -0.39 is 5.97 Å². The van der Waals surface area contributed by atoms with Gasteiger partial charge in [0.05, 0.1) is 12.7 Å². The Kier molecular flexibility index (Phi) is 4.77. The molecule has 0 atom stereocenters. The summed E-state index contributed by atoms with van der Waals surface area (Å²) in [6.07, 6.45) is 5.72. The highest BCUT2D eigenvalue weighted by molar-refractivity contribution is 5.94. The molecule has 1 aromatic carbocycles. The van der Waals surface area contributed by atoms with Crippen LogP contribution in [-0.2, 0) is 9.53 Å². The van der Waals surface area contributed by atoms with Gasteiger partial charge in [-0.25, -0.2) is 4.79 Å². The Morgan fingerprint density at radius 3 is 2.88 bits per heavy atom. The van der Waals surface area contributed by atoms with Gasteiger partial charge in [0.2, 0.25) is 5.91 Å². The molecule has 0 fully saturated rings. The number of methoxy groups -OCH3 is 1. The van der Waals surface area contributed by atoms with Gasteiger partial charge in [-0.15, -0.1) is 12.3 Å². The van der Waals surface area contributed by atoms with Crippen LogP contribution >= 0.6 is 0 Å². The Morgan fingerprint density at radius 2 is 2.24 bits per heavy atom. The zero-order valence-corrected chi connectivity index (χ0v) is 9.53. The van der Waals surface area contributed by atoms with Crippen molar-refractivity contribution in [3.05, 3.63) is 29.8 Å². The standard InChI is InChI=1S/C13H13NO3/c1-3-4-8-12(15)14-11-7-5-6-10(9-11)13(16)17-2/h1,5-7,9H,4,8H2,2H3,(H,14,15). The fourth-order valence-corrected chi connectivity index (χ4v) is 1.25. The van der Waals surface area contributed by atoms with Gasteiger partial charge in [-0.3, -0.25) is 4.79 Å². The maximum atomic E-state index is 11.4. The van der Waals surface area contributed by atoms with Gasteiger partial charge in [0.25, 0.3) is 0 Å². The predicted octanol–water partition coefficient (Wildman–Crippen LogP) is 1.83.